The molecule has 0 unspecified atom stereocenters. The van der Waals surface area contributed by atoms with Gasteiger partial charge in [-0.25, -0.2) is 9.55 Å². The van der Waals surface area contributed by atoms with E-state index in [-0.39, 0.29) is 14.1 Å². The lowest BCUT2D eigenvalue weighted by molar-refractivity contribution is -0.204. The van der Waals surface area contributed by atoms with Crippen LogP contribution in [0.4, 0.5) is 13.2 Å². The van der Waals surface area contributed by atoms with E-state index in [0.29, 0.717) is 5.56 Å². The largest absolute Gasteiger partial charge is 0.490 e. The highest BCUT2D eigenvalue weighted by Crippen LogP contribution is 2.32. The van der Waals surface area contributed by atoms with E-state index in [9.17, 15) is 13.2 Å². The maximum Gasteiger partial charge on any atom is 0.490 e. The van der Waals surface area contributed by atoms with E-state index >= 15 is 0 Å². The molecule has 0 saturated carbocycles. The number of hydrogen-bond donors (Lipinski definition) is 0. The molecule has 0 amide bonds. The van der Waals surface area contributed by atoms with Crippen molar-refractivity contribution in [1.29, 1.82) is 0 Å². The van der Waals surface area contributed by atoms with Gasteiger partial charge in [0.25, 0.3) is 0 Å². The van der Waals surface area contributed by atoms with Crippen molar-refractivity contribution in [3.8, 4) is 11.3 Å². The van der Waals surface area contributed by atoms with Crippen molar-refractivity contribution in [3.05, 3.63) is 40.4 Å². The normalized spacial score (nSPS) is 11.8. The van der Waals surface area contributed by atoms with Gasteiger partial charge < -0.3 is 0 Å². The minimum Gasteiger partial charge on any atom is -0.231 e. The molecule has 2 rings (SSSR count). The van der Waals surface area contributed by atoms with Crippen LogP contribution in [0.3, 0.4) is 0 Å². The molecular formula is C10H6F3IN2. The Morgan fingerprint density at radius 2 is 1.75 bits per heavy atom. The van der Waals surface area contributed by atoms with Crippen molar-refractivity contribution in [2.75, 3.05) is 0 Å². The SMILES string of the molecule is FC(F)(F)n1c(-c2ccccc2)cnc1I. The van der Waals surface area contributed by atoms with Crippen LogP contribution >= 0.6 is 22.6 Å². The molecule has 0 bridgehead atoms. The highest BCUT2D eigenvalue weighted by Gasteiger charge is 2.35. The smallest absolute Gasteiger partial charge is 0.231 e. The quantitative estimate of drug-likeness (QED) is 0.726. The minimum atomic E-state index is -4.45. The van der Waals surface area contributed by atoms with Crippen molar-refractivity contribution in [2.24, 2.45) is 0 Å². The monoisotopic (exact) mass is 338 g/mol. The van der Waals surface area contributed by atoms with E-state index in [1.807, 2.05) is 0 Å². The number of aromatic nitrogens is 2. The number of nitrogens with zero attached hydrogens (tertiary/aromatic N) is 2. The third kappa shape index (κ3) is 2.06. The second-order valence-corrected chi connectivity index (χ2v) is 4.05. The van der Waals surface area contributed by atoms with Gasteiger partial charge in [-0.1, -0.05) is 30.3 Å². The van der Waals surface area contributed by atoms with Gasteiger partial charge in [0.2, 0.25) is 0 Å². The number of hydrogen-bond acceptors (Lipinski definition) is 1. The molecule has 0 aliphatic carbocycles. The zero-order chi connectivity index (χ0) is 11.8. The molecule has 1 aromatic carbocycles. The van der Waals surface area contributed by atoms with Gasteiger partial charge in [-0.15, -0.1) is 13.2 Å². The number of rotatable bonds is 1. The van der Waals surface area contributed by atoms with E-state index in [1.54, 1.807) is 52.9 Å². The fourth-order valence-corrected chi connectivity index (χ4v) is 2.06. The Hall–Kier alpha value is -1.05. The molecule has 16 heavy (non-hydrogen) atoms. The summed E-state index contributed by atoms with van der Waals surface area (Å²) < 4.78 is 38.4. The van der Waals surface area contributed by atoms with Crippen LogP contribution in [0.5, 0.6) is 0 Å². The van der Waals surface area contributed by atoms with E-state index in [4.69, 9.17) is 0 Å². The summed E-state index contributed by atoms with van der Waals surface area (Å²) in [6.45, 7) is 0. The van der Waals surface area contributed by atoms with Crippen LogP contribution in [0.1, 0.15) is 0 Å². The third-order valence-corrected chi connectivity index (χ3v) is 2.80. The zero-order valence-corrected chi connectivity index (χ0v) is 10.0. The fraction of sp³-hybridized carbons (Fsp3) is 0.100. The van der Waals surface area contributed by atoms with Gasteiger partial charge in [0.1, 0.15) is 0 Å². The summed E-state index contributed by atoms with van der Waals surface area (Å²) in [5.41, 5.74) is 0.549. The minimum absolute atomic E-state index is 0.0532. The average Bonchev–Trinajstić information content (AvgIpc) is 2.61. The molecule has 6 heteroatoms. The summed E-state index contributed by atoms with van der Waals surface area (Å²) in [6.07, 6.45) is -3.22. The maximum absolute atomic E-state index is 12.7. The molecule has 1 aromatic heterocycles. The third-order valence-electron chi connectivity index (χ3n) is 2.04. The van der Waals surface area contributed by atoms with Gasteiger partial charge in [0.05, 0.1) is 11.9 Å². The molecule has 0 aliphatic heterocycles. The highest BCUT2D eigenvalue weighted by molar-refractivity contribution is 14.1. The van der Waals surface area contributed by atoms with Crippen LogP contribution in [0.15, 0.2) is 36.5 Å². The predicted molar refractivity (Wildman–Crippen MR) is 61.7 cm³/mol. The Bertz CT molecular complexity index is 491. The Kier molecular flexibility index (Phi) is 2.92. The van der Waals surface area contributed by atoms with Gasteiger partial charge in [0, 0.05) is 28.2 Å². The Balaban J connectivity index is 2.60. The lowest BCUT2D eigenvalue weighted by Crippen LogP contribution is -2.19. The van der Waals surface area contributed by atoms with E-state index < -0.39 is 6.30 Å². The molecule has 0 radical (unpaired) electrons. The van der Waals surface area contributed by atoms with Crippen LogP contribution in [-0.2, 0) is 6.30 Å². The number of alkyl halides is 3. The number of halogens is 4. The molecule has 0 N–H and O–H groups in total. The molecule has 84 valence electrons. The molecule has 0 spiro atoms. The van der Waals surface area contributed by atoms with Crippen LogP contribution in [0, 0.1) is 3.83 Å². The van der Waals surface area contributed by atoms with Crippen LogP contribution in [-0.4, -0.2) is 9.55 Å². The summed E-state index contributed by atoms with van der Waals surface area (Å²) in [5.74, 6) is 0. The van der Waals surface area contributed by atoms with Crippen LogP contribution in [0.2, 0.25) is 0 Å². The molecule has 0 aliphatic rings. The van der Waals surface area contributed by atoms with Gasteiger partial charge in [0.15, 0.2) is 3.83 Å². The van der Waals surface area contributed by atoms with Gasteiger partial charge in [-0.05, 0) is 0 Å². The van der Waals surface area contributed by atoms with E-state index in [1.165, 1.54) is 6.20 Å². The first-order valence-corrected chi connectivity index (χ1v) is 5.44. The average molecular weight is 338 g/mol. The standard InChI is InChI=1S/C10H6F3IN2/c11-10(12,13)16-8(6-15-9(16)14)7-4-2-1-3-5-7/h1-6H. The van der Waals surface area contributed by atoms with Crippen LogP contribution in [0.25, 0.3) is 11.3 Å². The first-order valence-electron chi connectivity index (χ1n) is 4.36. The first-order chi connectivity index (χ1) is 7.50. The zero-order valence-electron chi connectivity index (χ0n) is 7.87. The lowest BCUT2D eigenvalue weighted by atomic mass is 10.2. The lowest BCUT2D eigenvalue weighted by Gasteiger charge is -2.12. The molecule has 2 nitrogen and oxygen atoms in total. The van der Waals surface area contributed by atoms with Crippen molar-refractivity contribution in [2.45, 2.75) is 6.30 Å². The molecular weight excluding hydrogens is 332 g/mol. The summed E-state index contributed by atoms with van der Waals surface area (Å²) in [6, 6.07) is 8.37. The van der Waals surface area contributed by atoms with Crippen molar-refractivity contribution >= 4 is 22.6 Å². The van der Waals surface area contributed by atoms with Crippen molar-refractivity contribution in [1.82, 2.24) is 9.55 Å². The van der Waals surface area contributed by atoms with E-state index in [0.717, 1.165) is 0 Å². The topological polar surface area (TPSA) is 17.8 Å². The second-order valence-electron chi connectivity index (χ2n) is 3.08. The summed E-state index contributed by atoms with van der Waals surface area (Å²) in [4.78, 5) is 3.69. The number of imidazole rings is 1. The maximum atomic E-state index is 12.7. The van der Waals surface area contributed by atoms with Gasteiger partial charge in [-0.2, -0.15) is 0 Å². The Morgan fingerprint density at radius 3 is 2.31 bits per heavy atom. The van der Waals surface area contributed by atoms with Crippen molar-refractivity contribution in [3.63, 3.8) is 0 Å². The molecule has 2 aromatic rings. The van der Waals surface area contributed by atoms with E-state index in [2.05, 4.69) is 4.98 Å². The highest BCUT2D eigenvalue weighted by atomic mass is 127. The predicted octanol–water partition coefficient (Wildman–Crippen LogP) is 3.63. The Labute approximate surface area is 103 Å². The molecule has 0 fully saturated rings. The summed E-state index contributed by atoms with van der Waals surface area (Å²) in [5, 5.41) is 0. The molecule has 0 atom stereocenters. The fourth-order valence-electron chi connectivity index (χ4n) is 1.38. The number of benzene rings is 1. The first kappa shape index (κ1) is 11.4. The summed E-state index contributed by atoms with van der Waals surface area (Å²) in [7, 11) is 0. The second kappa shape index (κ2) is 4.08. The molecule has 0 saturated heterocycles. The molecule has 1 heterocycles. The van der Waals surface area contributed by atoms with Gasteiger partial charge >= 0.3 is 6.30 Å². The van der Waals surface area contributed by atoms with Crippen LogP contribution < -0.4 is 0 Å². The Morgan fingerprint density at radius 1 is 1.12 bits per heavy atom. The van der Waals surface area contributed by atoms with Gasteiger partial charge in [-0.3, -0.25) is 0 Å². The van der Waals surface area contributed by atoms with Crippen molar-refractivity contribution < 1.29 is 13.2 Å². The summed E-state index contributed by atoms with van der Waals surface area (Å²) >= 11 is 1.57.